The first-order valence-corrected chi connectivity index (χ1v) is 5.54. The molecule has 0 aliphatic carbocycles. The molecule has 6 heteroatoms. The highest BCUT2D eigenvalue weighted by atomic mass is 16.5. The van der Waals surface area contributed by atoms with Gasteiger partial charge in [0.05, 0.1) is 23.6 Å². The van der Waals surface area contributed by atoms with Gasteiger partial charge >= 0.3 is 5.97 Å². The second-order valence-electron chi connectivity index (χ2n) is 3.86. The summed E-state index contributed by atoms with van der Waals surface area (Å²) < 4.78 is 5.03. The van der Waals surface area contributed by atoms with Crippen LogP contribution in [0.4, 0.5) is 5.69 Å². The van der Waals surface area contributed by atoms with E-state index in [1.165, 1.54) is 18.5 Å². The molecule has 1 atom stereocenters. The Hall–Kier alpha value is -1.95. The van der Waals surface area contributed by atoms with Crippen LogP contribution in [-0.4, -0.2) is 35.2 Å². The molecule has 0 aliphatic rings. The van der Waals surface area contributed by atoms with Crippen molar-refractivity contribution >= 4 is 17.6 Å². The number of hydrogen-bond donors (Lipinski definition) is 2. The molecule has 98 valence electrons. The molecule has 1 aromatic heterocycles. The first-order chi connectivity index (χ1) is 8.54. The molecule has 0 fully saturated rings. The fraction of sp³-hybridized carbons (Fsp3) is 0.417. The van der Waals surface area contributed by atoms with Gasteiger partial charge in [-0.1, -0.05) is 0 Å². The maximum Gasteiger partial charge on any atom is 0.337 e. The third-order valence-electron chi connectivity index (χ3n) is 2.51. The number of aromatic carboxylic acids is 1. The number of rotatable bonds is 6. The van der Waals surface area contributed by atoms with Gasteiger partial charge in [0.1, 0.15) is 0 Å². The molecule has 0 spiro atoms. The largest absolute Gasteiger partial charge is 0.478 e. The van der Waals surface area contributed by atoms with Gasteiger partial charge in [0, 0.05) is 19.7 Å². The van der Waals surface area contributed by atoms with Crippen LogP contribution in [0.5, 0.6) is 0 Å². The second kappa shape index (κ2) is 6.70. The Morgan fingerprint density at radius 3 is 2.89 bits per heavy atom. The van der Waals surface area contributed by atoms with Crippen LogP contribution >= 0.6 is 0 Å². The van der Waals surface area contributed by atoms with Crippen LogP contribution in [0.1, 0.15) is 30.1 Å². The molecule has 0 saturated carbocycles. The Balaban J connectivity index is 2.62. The molecule has 1 rings (SSSR count). The van der Waals surface area contributed by atoms with Crippen LogP contribution in [0.25, 0.3) is 0 Å². The summed E-state index contributed by atoms with van der Waals surface area (Å²) in [6, 6.07) is 1.34. The van der Waals surface area contributed by atoms with Crippen LogP contribution < -0.4 is 5.32 Å². The van der Waals surface area contributed by atoms with Crippen molar-refractivity contribution in [2.75, 3.05) is 12.4 Å². The van der Waals surface area contributed by atoms with E-state index in [1.807, 2.05) is 6.92 Å². The molecule has 0 aliphatic heterocycles. The quantitative estimate of drug-likeness (QED) is 0.801. The Kier molecular flexibility index (Phi) is 5.26. The topological polar surface area (TPSA) is 88.5 Å². The number of methoxy groups -OCH3 is 1. The molecule has 1 heterocycles. The molecule has 1 unspecified atom stereocenters. The maximum atomic E-state index is 11.6. The number of amides is 1. The van der Waals surface area contributed by atoms with Crippen LogP contribution in [0.2, 0.25) is 0 Å². The lowest BCUT2D eigenvalue weighted by atomic mass is 10.2. The Morgan fingerprint density at radius 2 is 2.28 bits per heavy atom. The van der Waals surface area contributed by atoms with E-state index in [1.54, 1.807) is 7.11 Å². The number of carbonyl (C=O) groups excluding carboxylic acids is 1. The number of anilines is 1. The van der Waals surface area contributed by atoms with E-state index >= 15 is 0 Å². The summed E-state index contributed by atoms with van der Waals surface area (Å²) in [5.74, 6) is -1.35. The summed E-state index contributed by atoms with van der Waals surface area (Å²) in [6.07, 6.45) is 3.52. The third kappa shape index (κ3) is 4.14. The zero-order valence-corrected chi connectivity index (χ0v) is 10.3. The number of carboxylic acids is 1. The normalized spacial score (nSPS) is 11.9. The summed E-state index contributed by atoms with van der Waals surface area (Å²) >= 11 is 0. The van der Waals surface area contributed by atoms with E-state index in [4.69, 9.17) is 9.84 Å². The van der Waals surface area contributed by atoms with E-state index in [-0.39, 0.29) is 29.7 Å². The third-order valence-corrected chi connectivity index (χ3v) is 2.51. The first-order valence-electron chi connectivity index (χ1n) is 5.54. The van der Waals surface area contributed by atoms with Gasteiger partial charge < -0.3 is 15.2 Å². The molecule has 18 heavy (non-hydrogen) atoms. The SMILES string of the molecule is COC(C)CCC(=O)Nc1cnccc1C(=O)O. The van der Waals surface area contributed by atoms with Crippen LogP contribution in [0.3, 0.4) is 0 Å². The van der Waals surface area contributed by atoms with Gasteiger partial charge in [0.2, 0.25) is 5.91 Å². The smallest absolute Gasteiger partial charge is 0.337 e. The van der Waals surface area contributed by atoms with Gasteiger partial charge in [-0.25, -0.2) is 4.79 Å². The van der Waals surface area contributed by atoms with Crippen molar-refractivity contribution in [1.82, 2.24) is 4.98 Å². The number of ether oxygens (including phenoxy) is 1. The molecule has 1 aromatic rings. The number of pyridine rings is 1. The van der Waals surface area contributed by atoms with Crippen molar-refractivity contribution in [1.29, 1.82) is 0 Å². The van der Waals surface area contributed by atoms with Crippen molar-refractivity contribution in [2.45, 2.75) is 25.9 Å². The Labute approximate surface area is 105 Å². The number of carboxylic acid groups (broad SMARTS) is 1. The zero-order valence-electron chi connectivity index (χ0n) is 10.3. The summed E-state index contributed by atoms with van der Waals surface area (Å²) in [6.45, 7) is 1.86. The van der Waals surface area contributed by atoms with Crippen LogP contribution in [-0.2, 0) is 9.53 Å². The highest BCUT2D eigenvalue weighted by Crippen LogP contribution is 2.14. The highest BCUT2D eigenvalue weighted by molar-refractivity contribution is 6.00. The van der Waals surface area contributed by atoms with Gasteiger partial charge in [-0.05, 0) is 19.4 Å². The average molecular weight is 252 g/mol. The Bertz CT molecular complexity index is 434. The summed E-state index contributed by atoms with van der Waals surface area (Å²) in [4.78, 5) is 26.3. The van der Waals surface area contributed by atoms with Crippen molar-refractivity contribution < 1.29 is 19.4 Å². The van der Waals surface area contributed by atoms with Gasteiger partial charge in [-0.3, -0.25) is 9.78 Å². The zero-order chi connectivity index (χ0) is 13.5. The van der Waals surface area contributed by atoms with E-state index in [2.05, 4.69) is 10.3 Å². The lowest BCUT2D eigenvalue weighted by Gasteiger charge is -2.10. The molecular weight excluding hydrogens is 236 g/mol. The standard InChI is InChI=1S/C12H16N2O4/c1-8(18-2)3-4-11(15)14-10-7-13-6-5-9(10)12(16)17/h5-8H,3-4H2,1-2H3,(H,14,15)(H,16,17). The number of aromatic nitrogens is 1. The molecule has 1 amide bonds. The van der Waals surface area contributed by atoms with Gasteiger partial charge in [0.25, 0.3) is 0 Å². The molecule has 0 aromatic carbocycles. The second-order valence-corrected chi connectivity index (χ2v) is 3.86. The fourth-order valence-electron chi connectivity index (χ4n) is 1.35. The van der Waals surface area contributed by atoms with Crippen molar-refractivity contribution in [2.24, 2.45) is 0 Å². The maximum absolute atomic E-state index is 11.6. The molecule has 0 saturated heterocycles. The fourth-order valence-corrected chi connectivity index (χ4v) is 1.35. The summed E-state index contributed by atoms with van der Waals surface area (Å²) in [5, 5.41) is 11.5. The molecule has 2 N–H and O–H groups in total. The minimum Gasteiger partial charge on any atom is -0.478 e. The Morgan fingerprint density at radius 1 is 1.56 bits per heavy atom. The van der Waals surface area contributed by atoms with Crippen LogP contribution in [0, 0.1) is 0 Å². The lowest BCUT2D eigenvalue weighted by Crippen LogP contribution is -2.17. The van der Waals surface area contributed by atoms with Gasteiger partial charge in [-0.15, -0.1) is 0 Å². The van der Waals surface area contributed by atoms with Crippen molar-refractivity contribution in [3.63, 3.8) is 0 Å². The van der Waals surface area contributed by atoms with Crippen molar-refractivity contribution in [3.8, 4) is 0 Å². The van der Waals surface area contributed by atoms with Gasteiger partial charge in [0.15, 0.2) is 0 Å². The van der Waals surface area contributed by atoms with E-state index in [9.17, 15) is 9.59 Å². The monoisotopic (exact) mass is 252 g/mol. The number of nitrogens with zero attached hydrogens (tertiary/aromatic N) is 1. The summed E-state index contributed by atoms with van der Waals surface area (Å²) in [5.41, 5.74) is 0.234. The predicted octanol–water partition coefficient (Wildman–Crippen LogP) is 1.53. The van der Waals surface area contributed by atoms with E-state index < -0.39 is 5.97 Å². The number of hydrogen-bond acceptors (Lipinski definition) is 4. The van der Waals surface area contributed by atoms with E-state index in [0.29, 0.717) is 6.42 Å². The molecule has 6 nitrogen and oxygen atoms in total. The molecule has 0 bridgehead atoms. The number of carbonyl (C=O) groups is 2. The summed E-state index contributed by atoms with van der Waals surface area (Å²) in [7, 11) is 1.58. The van der Waals surface area contributed by atoms with E-state index in [0.717, 1.165) is 0 Å². The minimum absolute atomic E-state index is 0.0106. The average Bonchev–Trinajstić information content (AvgIpc) is 2.36. The first kappa shape index (κ1) is 14.1. The minimum atomic E-state index is -1.10. The molecular formula is C12H16N2O4. The number of nitrogens with one attached hydrogen (secondary N) is 1. The van der Waals surface area contributed by atoms with Gasteiger partial charge in [-0.2, -0.15) is 0 Å². The van der Waals surface area contributed by atoms with Crippen molar-refractivity contribution in [3.05, 3.63) is 24.0 Å². The lowest BCUT2D eigenvalue weighted by molar-refractivity contribution is -0.116. The van der Waals surface area contributed by atoms with Crippen LogP contribution in [0.15, 0.2) is 18.5 Å². The predicted molar refractivity (Wildman–Crippen MR) is 65.5 cm³/mol. The molecule has 0 radical (unpaired) electrons. The highest BCUT2D eigenvalue weighted by Gasteiger charge is 2.12.